The Balaban J connectivity index is 1.27. The second-order valence-electron chi connectivity index (χ2n) is 9.05. The van der Waals surface area contributed by atoms with E-state index in [4.69, 9.17) is 16.3 Å². The van der Waals surface area contributed by atoms with Crippen LogP contribution in [0.3, 0.4) is 0 Å². The van der Waals surface area contributed by atoms with E-state index in [-0.39, 0.29) is 30.1 Å². The molecule has 2 aromatic heterocycles. The topological polar surface area (TPSA) is 55.3 Å². The number of carbonyl (C=O) groups excluding carboxylic acids is 1. The summed E-state index contributed by atoms with van der Waals surface area (Å²) in [5.41, 5.74) is 1.11. The van der Waals surface area contributed by atoms with Crippen molar-refractivity contribution in [3.05, 3.63) is 16.8 Å². The number of hydrogen-bond donors (Lipinski definition) is 0. The zero-order chi connectivity index (χ0) is 21.6. The molecule has 1 atom stereocenters. The smallest absolute Gasteiger partial charge is 0.250 e. The number of hydrogen-bond acceptors (Lipinski definition) is 6. The van der Waals surface area contributed by atoms with Gasteiger partial charge in [0.15, 0.2) is 0 Å². The summed E-state index contributed by atoms with van der Waals surface area (Å²) in [6.45, 7) is 0.967. The number of aromatic nitrogens is 2. The predicted molar refractivity (Wildman–Crippen MR) is 116 cm³/mol. The molecule has 0 N–H and O–H groups in total. The molecule has 2 fully saturated rings. The number of carbonyl (C=O) groups is 1. The minimum absolute atomic E-state index is 0.0303. The molecule has 1 saturated carbocycles. The molecule has 0 aromatic carbocycles. The largest absolute Gasteiger partial charge is 0.474 e. The number of alkyl halides is 2. The number of rotatable bonds is 4. The number of ether oxygens (including phenoxy) is 1. The Morgan fingerprint density at radius 3 is 2.61 bits per heavy atom. The van der Waals surface area contributed by atoms with E-state index in [9.17, 15) is 13.6 Å². The maximum absolute atomic E-state index is 13.5. The van der Waals surface area contributed by atoms with Gasteiger partial charge in [-0.3, -0.25) is 9.69 Å². The molecule has 2 aromatic rings. The molecular formula is C22H26ClF2N3O2S. The van der Waals surface area contributed by atoms with Crippen molar-refractivity contribution in [3.8, 4) is 5.88 Å². The Kier molecular flexibility index (Phi) is 5.90. The second kappa shape index (κ2) is 8.52. The second-order valence-corrected chi connectivity index (χ2v) is 10.5. The Hall–Kier alpha value is -1.38. The maximum Gasteiger partial charge on any atom is 0.250 e. The average molecular weight is 470 g/mol. The molecular weight excluding hydrogens is 444 g/mol. The molecule has 0 spiro atoms. The molecule has 168 valence electrons. The number of aryl methyl sites for hydroxylation is 1. The lowest BCUT2D eigenvalue weighted by Gasteiger charge is -2.40. The minimum Gasteiger partial charge on any atom is -0.474 e. The number of halogens is 3. The van der Waals surface area contributed by atoms with E-state index < -0.39 is 5.92 Å². The summed E-state index contributed by atoms with van der Waals surface area (Å²) in [6, 6.07) is 0.366. The third kappa shape index (κ3) is 4.44. The lowest BCUT2D eigenvalue weighted by molar-refractivity contribution is -0.115. The summed E-state index contributed by atoms with van der Waals surface area (Å²) in [5, 5.41) is 0.656. The van der Waals surface area contributed by atoms with Gasteiger partial charge < -0.3 is 4.74 Å². The summed E-state index contributed by atoms with van der Waals surface area (Å²) in [5.74, 6) is -2.05. The molecule has 5 nitrogen and oxygen atoms in total. The average Bonchev–Trinajstić information content (AvgIpc) is 3.13. The molecule has 1 saturated heterocycles. The zero-order valence-corrected chi connectivity index (χ0v) is 18.9. The first kappa shape index (κ1) is 21.5. The van der Waals surface area contributed by atoms with Gasteiger partial charge >= 0.3 is 0 Å². The molecule has 3 heterocycles. The van der Waals surface area contributed by atoms with E-state index in [1.807, 2.05) is 0 Å². The summed E-state index contributed by atoms with van der Waals surface area (Å²) in [4.78, 5) is 25.0. The van der Waals surface area contributed by atoms with E-state index in [2.05, 4.69) is 14.9 Å². The normalized spacial score (nSPS) is 28.9. The van der Waals surface area contributed by atoms with Crippen molar-refractivity contribution in [2.24, 2.45) is 5.92 Å². The van der Waals surface area contributed by atoms with Gasteiger partial charge in [-0.15, -0.1) is 11.3 Å². The van der Waals surface area contributed by atoms with Crippen LogP contribution in [-0.4, -0.2) is 51.3 Å². The van der Waals surface area contributed by atoms with Gasteiger partial charge in [0.25, 0.3) is 5.92 Å². The predicted octanol–water partition coefficient (Wildman–Crippen LogP) is 4.98. The van der Waals surface area contributed by atoms with Gasteiger partial charge in [-0.1, -0.05) is 0 Å². The van der Waals surface area contributed by atoms with E-state index in [0.29, 0.717) is 31.4 Å². The molecule has 9 heteroatoms. The molecule has 3 aliphatic rings. The third-order valence-electron chi connectivity index (χ3n) is 7.10. The van der Waals surface area contributed by atoms with Crippen molar-refractivity contribution < 1.29 is 18.3 Å². The summed E-state index contributed by atoms with van der Waals surface area (Å²) in [6.07, 6.45) is 7.45. The van der Waals surface area contributed by atoms with Crippen molar-refractivity contribution in [1.82, 2.24) is 14.9 Å². The highest BCUT2D eigenvalue weighted by Gasteiger charge is 2.37. The molecule has 0 unspecified atom stereocenters. The Bertz CT molecular complexity index is 967. The van der Waals surface area contributed by atoms with Crippen LogP contribution in [0.5, 0.6) is 5.88 Å². The third-order valence-corrected chi connectivity index (χ3v) is 8.60. The molecule has 2 aliphatic carbocycles. The maximum atomic E-state index is 13.5. The van der Waals surface area contributed by atoms with Crippen LogP contribution in [0.2, 0.25) is 0 Å². The van der Waals surface area contributed by atoms with Crippen LogP contribution >= 0.6 is 22.9 Å². The summed E-state index contributed by atoms with van der Waals surface area (Å²) >= 11 is 7.44. The lowest BCUT2D eigenvalue weighted by atomic mass is 9.88. The highest BCUT2D eigenvalue weighted by Crippen LogP contribution is 2.42. The quantitative estimate of drug-likeness (QED) is 0.591. The fourth-order valence-electron chi connectivity index (χ4n) is 5.26. The van der Waals surface area contributed by atoms with E-state index in [1.165, 1.54) is 4.88 Å². The SMILES string of the molecule is O=C(Cl)[C@H]1CCc2sc3ncnc(OC4CCC(N5CCC(F)(F)CC5)CC4)c3c2C1. The number of likely N-dealkylation sites (tertiary alicyclic amines) is 1. The Morgan fingerprint density at radius 1 is 1.16 bits per heavy atom. The highest BCUT2D eigenvalue weighted by atomic mass is 35.5. The van der Waals surface area contributed by atoms with Crippen LogP contribution in [-0.2, 0) is 17.6 Å². The van der Waals surface area contributed by atoms with Gasteiger partial charge in [-0.25, -0.2) is 18.7 Å². The molecule has 0 radical (unpaired) electrons. The van der Waals surface area contributed by atoms with Crippen LogP contribution in [0.25, 0.3) is 10.2 Å². The zero-order valence-electron chi connectivity index (χ0n) is 17.3. The van der Waals surface area contributed by atoms with Crippen LogP contribution in [0.1, 0.15) is 55.4 Å². The van der Waals surface area contributed by atoms with Crippen LogP contribution < -0.4 is 4.74 Å². The monoisotopic (exact) mass is 469 g/mol. The first-order valence-corrected chi connectivity index (χ1v) is 12.3. The Morgan fingerprint density at radius 2 is 1.90 bits per heavy atom. The standard InChI is InChI=1S/C22H26ClF2N3O2S/c23-19(29)13-1-6-17-16(11-13)18-20(26-12-27-21(18)31-17)30-15-4-2-14(3-5-15)28-9-7-22(24,25)8-10-28/h12-15H,1-11H2/t13-,14?,15?/m0/s1. The fourth-order valence-corrected chi connectivity index (χ4v) is 6.63. The summed E-state index contributed by atoms with van der Waals surface area (Å²) in [7, 11) is 0. The number of fused-ring (bicyclic) bond motifs is 3. The fraction of sp³-hybridized carbons (Fsp3) is 0.682. The first-order valence-electron chi connectivity index (χ1n) is 11.1. The molecule has 5 rings (SSSR count). The van der Waals surface area contributed by atoms with Crippen molar-refractivity contribution in [2.75, 3.05) is 13.1 Å². The van der Waals surface area contributed by atoms with E-state index in [1.54, 1.807) is 17.7 Å². The van der Waals surface area contributed by atoms with Crippen LogP contribution in [0.15, 0.2) is 6.33 Å². The van der Waals surface area contributed by atoms with Crippen LogP contribution in [0.4, 0.5) is 8.78 Å². The van der Waals surface area contributed by atoms with Crippen molar-refractivity contribution in [2.45, 2.75) is 75.9 Å². The molecule has 1 aliphatic heterocycles. The van der Waals surface area contributed by atoms with Gasteiger partial charge in [0.1, 0.15) is 17.3 Å². The number of piperidine rings is 1. The van der Waals surface area contributed by atoms with Gasteiger partial charge in [0, 0.05) is 42.8 Å². The van der Waals surface area contributed by atoms with Crippen LogP contribution in [0, 0.1) is 5.92 Å². The van der Waals surface area contributed by atoms with Gasteiger partial charge in [0.2, 0.25) is 11.1 Å². The molecule has 0 bridgehead atoms. The molecule has 0 amide bonds. The highest BCUT2D eigenvalue weighted by molar-refractivity contribution is 7.18. The number of thiophene rings is 1. The first-order chi connectivity index (χ1) is 14.9. The van der Waals surface area contributed by atoms with Gasteiger partial charge in [-0.2, -0.15) is 0 Å². The minimum atomic E-state index is -2.50. The molecule has 31 heavy (non-hydrogen) atoms. The number of nitrogens with zero attached hydrogens (tertiary/aromatic N) is 3. The van der Waals surface area contributed by atoms with Crippen molar-refractivity contribution >= 4 is 38.4 Å². The van der Waals surface area contributed by atoms with Crippen molar-refractivity contribution in [1.29, 1.82) is 0 Å². The van der Waals surface area contributed by atoms with Gasteiger partial charge in [-0.05, 0) is 62.1 Å². The Labute approximate surface area is 189 Å². The van der Waals surface area contributed by atoms with Gasteiger partial charge in [0.05, 0.1) is 5.39 Å². The summed E-state index contributed by atoms with van der Waals surface area (Å²) < 4.78 is 33.3. The van der Waals surface area contributed by atoms with E-state index >= 15 is 0 Å². The lowest BCUT2D eigenvalue weighted by Crippen LogP contribution is -2.47. The van der Waals surface area contributed by atoms with E-state index in [0.717, 1.165) is 54.3 Å². The van der Waals surface area contributed by atoms with Crippen molar-refractivity contribution in [3.63, 3.8) is 0 Å².